The van der Waals surface area contributed by atoms with Crippen LogP contribution in [0.3, 0.4) is 0 Å². The van der Waals surface area contributed by atoms with Crippen LogP contribution in [0, 0.1) is 0 Å². The lowest BCUT2D eigenvalue weighted by Crippen LogP contribution is -2.41. The molecule has 0 aliphatic carbocycles. The number of amides is 1. The Morgan fingerprint density at radius 2 is 2.11 bits per heavy atom. The van der Waals surface area contributed by atoms with Crippen molar-refractivity contribution in [1.29, 1.82) is 0 Å². The number of nitrogens with two attached hydrogens (primary N) is 2. The fourth-order valence-electron chi connectivity index (χ4n) is 1.38. The Kier molecular flexibility index (Phi) is 4.03. The van der Waals surface area contributed by atoms with Crippen molar-refractivity contribution in [3.8, 4) is 11.3 Å². The molecule has 0 aliphatic heterocycles. The van der Waals surface area contributed by atoms with Gasteiger partial charge in [-0.1, -0.05) is 30.3 Å². The van der Waals surface area contributed by atoms with E-state index < -0.39 is 6.04 Å². The van der Waals surface area contributed by atoms with Crippen LogP contribution in [-0.4, -0.2) is 23.5 Å². The van der Waals surface area contributed by atoms with Gasteiger partial charge in [0, 0.05) is 17.5 Å². The second kappa shape index (κ2) is 5.72. The average Bonchev–Trinajstić information content (AvgIpc) is 2.87. The third-order valence-corrected chi connectivity index (χ3v) is 3.15. The van der Waals surface area contributed by atoms with Crippen LogP contribution in [-0.2, 0) is 4.79 Å². The third-order valence-electron chi connectivity index (χ3n) is 2.39. The van der Waals surface area contributed by atoms with E-state index in [1.54, 1.807) is 0 Å². The van der Waals surface area contributed by atoms with E-state index in [2.05, 4.69) is 10.3 Å². The van der Waals surface area contributed by atoms with Gasteiger partial charge in [-0.15, -0.1) is 11.3 Å². The molecule has 1 aromatic carbocycles. The first kappa shape index (κ1) is 12.7. The van der Waals surface area contributed by atoms with E-state index in [1.165, 1.54) is 11.3 Å². The maximum absolute atomic E-state index is 11.5. The van der Waals surface area contributed by atoms with E-state index in [-0.39, 0.29) is 12.5 Å². The first-order valence-electron chi connectivity index (χ1n) is 5.48. The lowest BCUT2D eigenvalue weighted by molar-refractivity contribution is -0.117. The second-order valence-electron chi connectivity index (χ2n) is 3.74. The Labute approximate surface area is 109 Å². The molecule has 18 heavy (non-hydrogen) atoms. The van der Waals surface area contributed by atoms with Gasteiger partial charge >= 0.3 is 0 Å². The van der Waals surface area contributed by atoms with Crippen molar-refractivity contribution in [2.24, 2.45) is 11.5 Å². The van der Waals surface area contributed by atoms with Crippen LogP contribution in [0.4, 0.5) is 5.13 Å². The molecule has 0 unspecified atom stereocenters. The fourth-order valence-corrected chi connectivity index (χ4v) is 2.10. The van der Waals surface area contributed by atoms with E-state index >= 15 is 0 Å². The Hall–Kier alpha value is -1.76. The molecule has 1 heterocycles. The number of anilines is 1. The molecule has 0 saturated heterocycles. The minimum atomic E-state index is -0.700. The van der Waals surface area contributed by atoms with Gasteiger partial charge < -0.3 is 16.8 Å². The largest absolute Gasteiger partial charge is 0.328 e. The van der Waals surface area contributed by atoms with Gasteiger partial charge in [0.25, 0.3) is 0 Å². The van der Waals surface area contributed by atoms with Crippen molar-refractivity contribution in [2.45, 2.75) is 6.04 Å². The highest BCUT2D eigenvalue weighted by atomic mass is 32.1. The van der Waals surface area contributed by atoms with Gasteiger partial charge in [0.15, 0.2) is 5.13 Å². The standard InChI is InChI=1S/C12H14N4OS/c13-6-9(14)11(17)16-12-15-10(7-18-12)8-4-2-1-3-5-8/h1-5,7,9H,6,13-14H2,(H,15,16,17)/t9-/m0/s1. The summed E-state index contributed by atoms with van der Waals surface area (Å²) in [5, 5.41) is 5.06. The maximum atomic E-state index is 11.5. The SMILES string of the molecule is NC[C@H](N)C(=O)Nc1nc(-c2ccccc2)cs1. The molecule has 0 saturated carbocycles. The zero-order chi connectivity index (χ0) is 13.0. The molecule has 2 rings (SSSR count). The number of nitrogens with zero attached hydrogens (tertiary/aromatic N) is 1. The molecule has 0 aliphatic rings. The van der Waals surface area contributed by atoms with E-state index in [0.29, 0.717) is 5.13 Å². The van der Waals surface area contributed by atoms with Crippen molar-refractivity contribution in [3.63, 3.8) is 0 Å². The number of rotatable bonds is 4. The van der Waals surface area contributed by atoms with Gasteiger partial charge in [-0.2, -0.15) is 0 Å². The first-order chi connectivity index (χ1) is 8.70. The van der Waals surface area contributed by atoms with Crippen LogP contribution in [0.2, 0.25) is 0 Å². The second-order valence-corrected chi connectivity index (χ2v) is 4.59. The van der Waals surface area contributed by atoms with Crippen molar-refractivity contribution in [3.05, 3.63) is 35.7 Å². The normalized spacial score (nSPS) is 12.1. The molecule has 94 valence electrons. The summed E-state index contributed by atoms with van der Waals surface area (Å²) >= 11 is 1.36. The van der Waals surface area contributed by atoms with Crippen molar-refractivity contribution in [2.75, 3.05) is 11.9 Å². The summed E-state index contributed by atoms with van der Waals surface area (Å²) in [6, 6.07) is 9.06. The molecule has 0 fully saturated rings. The zero-order valence-electron chi connectivity index (χ0n) is 9.67. The van der Waals surface area contributed by atoms with Crippen LogP contribution >= 0.6 is 11.3 Å². The highest BCUT2D eigenvalue weighted by molar-refractivity contribution is 7.14. The number of hydrogen-bond donors (Lipinski definition) is 3. The summed E-state index contributed by atoms with van der Waals surface area (Å²) in [4.78, 5) is 15.9. The minimum Gasteiger partial charge on any atom is -0.328 e. The molecule has 1 aromatic heterocycles. The molecule has 1 amide bonds. The van der Waals surface area contributed by atoms with Crippen molar-refractivity contribution >= 4 is 22.4 Å². The zero-order valence-corrected chi connectivity index (χ0v) is 10.5. The highest BCUT2D eigenvalue weighted by Gasteiger charge is 2.13. The van der Waals surface area contributed by atoms with Crippen LogP contribution in [0.1, 0.15) is 0 Å². The van der Waals surface area contributed by atoms with Gasteiger partial charge in [-0.25, -0.2) is 4.98 Å². The Bertz CT molecular complexity index is 526. The van der Waals surface area contributed by atoms with E-state index in [4.69, 9.17) is 11.5 Å². The summed E-state index contributed by atoms with van der Waals surface area (Å²) in [7, 11) is 0. The van der Waals surface area contributed by atoms with Crippen molar-refractivity contribution < 1.29 is 4.79 Å². The molecule has 0 spiro atoms. The molecular weight excluding hydrogens is 248 g/mol. The lowest BCUT2D eigenvalue weighted by atomic mass is 10.2. The highest BCUT2D eigenvalue weighted by Crippen LogP contribution is 2.24. The summed E-state index contributed by atoms with van der Waals surface area (Å²) in [5.41, 5.74) is 12.7. The lowest BCUT2D eigenvalue weighted by Gasteiger charge is -2.06. The average molecular weight is 262 g/mol. The van der Waals surface area contributed by atoms with Crippen LogP contribution in [0.15, 0.2) is 35.7 Å². The van der Waals surface area contributed by atoms with Gasteiger partial charge in [0.05, 0.1) is 11.7 Å². The van der Waals surface area contributed by atoms with Gasteiger partial charge in [-0.3, -0.25) is 4.79 Å². The summed E-state index contributed by atoms with van der Waals surface area (Å²) in [6.45, 7) is 0.114. The predicted octanol–water partition coefficient (Wildman–Crippen LogP) is 1.03. The molecule has 5 nitrogen and oxygen atoms in total. The minimum absolute atomic E-state index is 0.114. The topological polar surface area (TPSA) is 94.0 Å². The van der Waals surface area contributed by atoms with Crippen LogP contribution < -0.4 is 16.8 Å². The number of thiazole rings is 1. The Morgan fingerprint density at radius 1 is 1.39 bits per heavy atom. The predicted molar refractivity (Wildman–Crippen MR) is 73.2 cm³/mol. The van der Waals surface area contributed by atoms with Crippen LogP contribution in [0.5, 0.6) is 0 Å². The number of nitrogens with one attached hydrogen (secondary N) is 1. The number of benzene rings is 1. The molecule has 2 aromatic rings. The van der Waals surface area contributed by atoms with Crippen LogP contribution in [0.25, 0.3) is 11.3 Å². The molecule has 5 N–H and O–H groups in total. The fraction of sp³-hybridized carbons (Fsp3) is 0.167. The number of carbonyl (C=O) groups is 1. The van der Waals surface area contributed by atoms with Gasteiger partial charge in [-0.05, 0) is 0 Å². The first-order valence-corrected chi connectivity index (χ1v) is 6.36. The Balaban J connectivity index is 2.10. The molecule has 0 bridgehead atoms. The number of aromatic nitrogens is 1. The van der Waals surface area contributed by atoms with Gasteiger partial charge in [0.2, 0.25) is 5.91 Å². The molecular formula is C12H14N4OS. The summed E-state index contributed by atoms with van der Waals surface area (Å²) in [6.07, 6.45) is 0. The van der Waals surface area contributed by atoms with E-state index in [9.17, 15) is 4.79 Å². The number of hydrogen-bond acceptors (Lipinski definition) is 5. The molecule has 0 radical (unpaired) electrons. The molecule has 6 heteroatoms. The van der Waals surface area contributed by atoms with E-state index in [1.807, 2.05) is 35.7 Å². The summed E-state index contributed by atoms with van der Waals surface area (Å²) < 4.78 is 0. The maximum Gasteiger partial charge on any atom is 0.244 e. The van der Waals surface area contributed by atoms with Crippen molar-refractivity contribution in [1.82, 2.24) is 4.98 Å². The Morgan fingerprint density at radius 3 is 2.78 bits per heavy atom. The number of carbonyl (C=O) groups excluding carboxylic acids is 1. The molecule has 1 atom stereocenters. The van der Waals surface area contributed by atoms with Gasteiger partial charge in [0.1, 0.15) is 0 Å². The van der Waals surface area contributed by atoms with E-state index in [0.717, 1.165) is 11.3 Å². The third kappa shape index (κ3) is 2.92. The quantitative estimate of drug-likeness (QED) is 0.767. The summed E-state index contributed by atoms with van der Waals surface area (Å²) in [5.74, 6) is -0.313. The smallest absolute Gasteiger partial charge is 0.244 e. The monoisotopic (exact) mass is 262 g/mol.